The third-order valence-electron chi connectivity index (χ3n) is 6.88. The van der Waals surface area contributed by atoms with Crippen LogP contribution in [-0.4, -0.2) is 44.8 Å². The molecule has 0 fully saturated rings. The second kappa shape index (κ2) is 14.3. The molecule has 0 saturated carbocycles. The van der Waals surface area contributed by atoms with E-state index in [1.54, 1.807) is 36.4 Å². The molecule has 0 aliphatic carbocycles. The molecule has 0 aliphatic heterocycles. The van der Waals surface area contributed by atoms with E-state index in [0.29, 0.717) is 26.3 Å². The Balaban J connectivity index is 1.82. The Kier molecular flexibility index (Phi) is 10.7. The molecule has 0 radical (unpaired) electrons. The maximum absolute atomic E-state index is 14.4. The average Bonchev–Trinajstić information content (AvgIpc) is 2.99. The van der Waals surface area contributed by atoms with Gasteiger partial charge in [0.05, 0.1) is 10.6 Å². The second-order valence-electron chi connectivity index (χ2n) is 9.85. The number of nitrogens with one attached hydrogen (secondary N) is 1. The molecule has 0 aromatic heterocycles. The fourth-order valence-electron chi connectivity index (χ4n) is 4.62. The van der Waals surface area contributed by atoms with E-state index in [1.807, 2.05) is 43.3 Å². The lowest BCUT2D eigenvalue weighted by molar-refractivity contribution is -0.139. The maximum atomic E-state index is 14.4. The van der Waals surface area contributed by atoms with E-state index >= 15 is 0 Å². The van der Waals surface area contributed by atoms with Crippen LogP contribution in [0.4, 0.5) is 5.69 Å². The summed E-state index contributed by atoms with van der Waals surface area (Å²) in [5.41, 5.74) is 2.33. The molecule has 0 aliphatic rings. The molecule has 4 aromatic rings. The zero-order valence-electron chi connectivity index (χ0n) is 23.5. The zero-order chi connectivity index (χ0) is 31.1. The number of likely N-dealkylation sites (N-methyl/N-ethyl adjacent to an activating group) is 1. The number of hydrogen-bond acceptors (Lipinski definition) is 4. The van der Waals surface area contributed by atoms with Crippen LogP contribution in [0.3, 0.4) is 0 Å². The van der Waals surface area contributed by atoms with Crippen molar-refractivity contribution in [3.63, 3.8) is 0 Å². The largest absolute Gasteiger partial charge is 0.357 e. The summed E-state index contributed by atoms with van der Waals surface area (Å²) in [7, 11) is -2.76. The monoisotopic (exact) mass is 657 g/mol. The molecule has 0 unspecified atom stereocenters. The summed E-state index contributed by atoms with van der Waals surface area (Å²) >= 11 is 19.0. The van der Waals surface area contributed by atoms with Gasteiger partial charge in [0.25, 0.3) is 10.0 Å². The molecule has 1 N–H and O–H groups in total. The number of halogens is 3. The molecule has 0 heterocycles. The Morgan fingerprint density at radius 1 is 0.837 bits per heavy atom. The van der Waals surface area contributed by atoms with Crippen LogP contribution in [0.25, 0.3) is 0 Å². The topological polar surface area (TPSA) is 86.8 Å². The van der Waals surface area contributed by atoms with Crippen LogP contribution in [-0.2, 0) is 32.6 Å². The number of nitrogens with zero attached hydrogens (tertiary/aromatic N) is 2. The molecule has 43 heavy (non-hydrogen) atoms. The molecule has 7 nitrogen and oxygen atoms in total. The van der Waals surface area contributed by atoms with Gasteiger partial charge >= 0.3 is 0 Å². The van der Waals surface area contributed by atoms with E-state index < -0.39 is 34.4 Å². The number of hydrogen-bond donors (Lipinski definition) is 1. The highest BCUT2D eigenvalue weighted by Crippen LogP contribution is 2.29. The van der Waals surface area contributed by atoms with Crippen LogP contribution >= 0.6 is 34.8 Å². The minimum Gasteiger partial charge on any atom is -0.357 e. The molecule has 0 spiro atoms. The molecule has 11 heteroatoms. The van der Waals surface area contributed by atoms with Gasteiger partial charge in [-0.05, 0) is 66.6 Å². The van der Waals surface area contributed by atoms with E-state index in [4.69, 9.17) is 34.8 Å². The molecule has 224 valence electrons. The van der Waals surface area contributed by atoms with E-state index in [2.05, 4.69) is 5.32 Å². The van der Waals surface area contributed by atoms with Crippen molar-refractivity contribution in [1.82, 2.24) is 10.2 Å². The van der Waals surface area contributed by atoms with Gasteiger partial charge in [-0.1, -0.05) is 83.3 Å². The van der Waals surface area contributed by atoms with Crippen LogP contribution in [0.15, 0.2) is 102 Å². The molecular weight excluding hydrogens is 629 g/mol. The number of rotatable bonds is 11. The summed E-state index contributed by atoms with van der Waals surface area (Å²) in [5.74, 6) is -1.05. The first-order chi connectivity index (χ1) is 20.5. The van der Waals surface area contributed by atoms with Gasteiger partial charge in [-0.15, -0.1) is 0 Å². The summed E-state index contributed by atoms with van der Waals surface area (Å²) in [6, 6.07) is 25.7. The van der Waals surface area contributed by atoms with Crippen LogP contribution < -0.4 is 9.62 Å². The normalized spacial score (nSPS) is 11.9. The van der Waals surface area contributed by atoms with Gasteiger partial charge in [-0.25, -0.2) is 8.42 Å². The van der Waals surface area contributed by atoms with Crippen molar-refractivity contribution in [3.8, 4) is 0 Å². The first-order valence-electron chi connectivity index (χ1n) is 13.3. The average molecular weight is 659 g/mol. The van der Waals surface area contributed by atoms with Gasteiger partial charge in [-0.3, -0.25) is 13.9 Å². The molecule has 4 rings (SSSR count). The van der Waals surface area contributed by atoms with Crippen LogP contribution in [0, 0.1) is 6.92 Å². The first kappa shape index (κ1) is 32.4. The standard InChI is InChI=1S/C32H30Cl3N3O4S/c1-22-8-6-11-25(18-22)38(43(41,42)26-16-14-24(33)15-17-26)21-31(39)37(20-27-28(34)12-7-13-29(27)35)30(32(40)36-2)19-23-9-4-3-5-10-23/h3-18,30H,19-21H2,1-2H3,(H,36,40)/t30-/m0/s1. The smallest absolute Gasteiger partial charge is 0.264 e. The third-order valence-corrected chi connectivity index (χ3v) is 9.63. The Bertz CT molecular complexity index is 1680. The van der Waals surface area contributed by atoms with E-state index in [1.165, 1.54) is 36.2 Å². The van der Waals surface area contributed by atoms with Gasteiger partial charge in [0.1, 0.15) is 12.6 Å². The molecule has 0 bridgehead atoms. The van der Waals surface area contributed by atoms with Gasteiger partial charge in [-0.2, -0.15) is 0 Å². The summed E-state index contributed by atoms with van der Waals surface area (Å²) in [5, 5.41) is 3.64. The number of amides is 2. The van der Waals surface area contributed by atoms with Crippen molar-refractivity contribution in [1.29, 1.82) is 0 Å². The van der Waals surface area contributed by atoms with Gasteiger partial charge in [0.15, 0.2) is 0 Å². The number of carbonyl (C=O) groups excluding carboxylic acids is 2. The predicted octanol–water partition coefficient (Wildman–Crippen LogP) is 6.54. The summed E-state index contributed by atoms with van der Waals surface area (Å²) in [6.07, 6.45) is 0.169. The highest BCUT2D eigenvalue weighted by atomic mass is 35.5. The Morgan fingerprint density at radius 3 is 2.07 bits per heavy atom. The maximum Gasteiger partial charge on any atom is 0.264 e. The molecule has 2 amide bonds. The number of carbonyl (C=O) groups is 2. The van der Waals surface area contributed by atoms with Crippen LogP contribution in [0.1, 0.15) is 16.7 Å². The third kappa shape index (κ3) is 7.89. The minimum absolute atomic E-state index is 0.0426. The lowest BCUT2D eigenvalue weighted by atomic mass is 10.0. The van der Waals surface area contributed by atoms with Crippen molar-refractivity contribution < 1.29 is 18.0 Å². The fourth-order valence-corrected chi connectivity index (χ4v) is 6.67. The van der Waals surface area contributed by atoms with Crippen molar-refractivity contribution >= 4 is 62.3 Å². The number of benzene rings is 4. The summed E-state index contributed by atoms with van der Waals surface area (Å²) in [4.78, 5) is 29.0. The SMILES string of the molecule is CNC(=O)[C@H](Cc1ccccc1)N(Cc1c(Cl)cccc1Cl)C(=O)CN(c1cccc(C)c1)S(=O)(=O)c1ccc(Cl)cc1. The lowest BCUT2D eigenvalue weighted by Gasteiger charge is -2.34. The fraction of sp³-hybridized carbons (Fsp3) is 0.188. The quantitative estimate of drug-likeness (QED) is 0.198. The van der Waals surface area contributed by atoms with E-state index in [-0.39, 0.29) is 17.9 Å². The minimum atomic E-state index is -4.24. The molecular formula is C32H30Cl3N3O4S. The zero-order valence-corrected chi connectivity index (χ0v) is 26.6. The summed E-state index contributed by atoms with van der Waals surface area (Å²) in [6.45, 7) is 1.09. The van der Waals surface area contributed by atoms with Crippen LogP contribution in [0.5, 0.6) is 0 Å². The van der Waals surface area contributed by atoms with E-state index in [9.17, 15) is 18.0 Å². The Morgan fingerprint density at radius 2 is 1.47 bits per heavy atom. The van der Waals surface area contributed by atoms with Gasteiger partial charge < -0.3 is 10.2 Å². The highest BCUT2D eigenvalue weighted by Gasteiger charge is 2.35. The first-order valence-corrected chi connectivity index (χ1v) is 15.9. The Labute approximate surface area is 267 Å². The number of sulfonamides is 1. The van der Waals surface area contributed by atoms with E-state index in [0.717, 1.165) is 15.4 Å². The highest BCUT2D eigenvalue weighted by molar-refractivity contribution is 7.92. The molecule has 1 atom stereocenters. The Hall–Kier alpha value is -3.56. The molecule has 0 saturated heterocycles. The number of anilines is 1. The number of aryl methyl sites for hydroxylation is 1. The predicted molar refractivity (Wildman–Crippen MR) is 172 cm³/mol. The summed E-state index contributed by atoms with van der Waals surface area (Å²) < 4.78 is 29.1. The van der Waals surface area contributed by atoms with Crippen molar-refractivity contribution in [2.24, 2.45) is 0 Å². The molecule has 4 aromatic carbocycles. The van der Waals surface area contributed by atoms with Crippen molar-refractivity contribution in [3.05, 3.63) is 129 Å². The van der Waals surface area contributed by atoms with Crippen molar-refractivity contribution in [2.45, 2.75) is 30.8 Å². The lowest BCUT2D eigenvalue weighted by Crippen LogP contribution is -2.53. The van der Waals surface area contributed by atoms with Gasteiger partial charge in [0.2, 0.25) is 11.8 Å². The van der Waals surface area contributed by atoms with Crippen LogP contribution in [0.2, 0.25) is 15.1 Å². The second-order valence-corrected chi connectivity index (χ2v) is 13.0. The van der Waals surface area contributed by atoms with Gasteiger partial charge in [0, 0.05) is 40.6 Å². The van der Waals surface area contributed by atoms with Crippen molar-refractivity contribution in [2.75, 3.05) is 17.9 Å².